The van der Waals surface area contributed by atoms with Crippen LogP contribution in [0.5, 0.6) is 0 Å². The first-order valence-corrected chi connectivity index (χ1v) is 29.0. The Labute approximate surface area is 442 Å². The van der Waals surface area contributed by atoms with Gasteiger partial charge in [0.2, 0.25) is 0 Å². The highest BCUT2D eigenvalue weighted by molar-refractivity contribution is 7.61. The van der Waals surface area contributed by atoms with Gasteiger partial charge >= 0.3 is 33.3 Å². The molecule has 75 heavy (non-hydrogen) atoms. The van der Waals surface area contributed by atoms with Crippen molar-refractivity contribution in [1.82, 2.24) is 9.55 Å². The Morgan fingerprint density at radius 1 is 0.680 bits per heavy atom. The number of esters is 2. The van der Waals surface area contributed by atoms with Crippen LogP contribution < -0.4 is 11.4 Å². The van der Waals surface area contributed by atoms with Gasteiger partial charge in [0.05, 0.1) is 25.4 Å². The van der Waals surface area contributed by atoms with E-state index in [9.17, 15) is 43.5 Å². The smallest absolute Gasteiger partial charge is 0.462 e. The zero-order chi connectivity index (χ0) is 54.6. The number of epoxide rings is 1. The molecule has 0 bridgehead atoms. The first kappa shape index (κ1) is 64.7. The quantitative estimate of drug-likeness (QED) is 0.0134. The van der Waals surface area contributed by atoms with Crippen molar-refractivity contribution in [2.24, 2.45) is 0 Å². The SMILES string of the molecule is CC/C=C\C/C=C\C/C=C\C/C=C\C/C=C\C/C=C\CCC(=O)OC[C@H](COP(=O)(O)OP(=O)(O)OC[C@H]1O[C@@H](n2ccc(N)nc2=O)[C@H](O)[C@@H]1O)OC(=O)CCC/C=C\C/C=C\C/C=C\CC1OC1CCCCC. The number of phosphoric acid groups is 2. The summed E-state index contributed by atoms with van der Waals surface area (Å²) in [6.45, 7) is 1.87. The van der Waals surface area contributed by atoms with Crippen LogP contribution >= 0.6 is 15.6 Å². The van der Waals surface area contributed by atoms with Gasteiger partial charge in [0.1, 0.15) is 30.7 Å². The van der Waals surface area contributed by atoms with Gasteiger partial charge in [0.25, 0.3) is 0 Å². The third kappa shape index (κ3) is 30.1. The number of carbonyl (C=O) groups excluding carboxylic acids is 2. The standard InChI is InChI=1S/C54H81N3O16P2/c1-3-5-7-8-9-10-11-12-13-14-15-16-17-18-19-23-26-29-33-37-49(58)67-41-44(70-50(59)38-34-30-27-24-21-20-22-25-28-32-36-46-45(71-46)35-31-6-4-2)42-68-74(63,64)73-75(65,66)69-43-47-51(60)52(61)53(72-47)57-40-39-48(55)56-54(57)62/h5,7,9-10,12-13,15-16,18-20,22,24,26-29,32,39-40,44-47,51-53,60-61H,3-4,6,8,11,14,17,21,23,25,30-31,33-38,41-43H2,1-2H3,(H,63,64)(H,65,66)(H2,55,56,62)/b7-5-,10-9-,13-12-,16-15-,19-18-,22-20-,27-24-,29-26-,32-28-/t44-,45?,46?,47-,51-,52-,53-/m1/s1. The number of aliphatic hydroxyl groups excluding tert-OH is 2. The summed E-state index contributed by atoms with van der Waals surface area (Å²) in [5, 5.41) is 20.9. The number of ether oxygens (including phenoxy) is 4. The molecule has 0 radical (unpaired) electrons. The van der Waals surface area contributed by atoms with E-state index in [0.29, 0.717) is 44.3 Å². The Morgan fingerprint density at radius 2 is 1.24 bits per heavy atom. The van der Waals surface area contributed by atoms with Crippen LogP contribution in [0.15, 0.2) is 126 Å². The predicted molar refractivity (Wildman–Crippen MR) is 288 cm³/mol. The van der Waals surface area contributed by atoms with Gasteiger partial charge in [0.15, 0.2) is 12.3 Å². The number of nitrogens with zero attached hydrogens (tertiary/aromatic N) is 2. The number of aromatic nitrogens is 2. The van der Waals surface area contributed by atoms with Crippen LogP contribution in [-0.4, -0.2) is 97.9 Å². The second kappa shape index (κ2) is 38.0. The number of unbranched alkanes of at least 4 members (excludes halogenated alkanes) is 3. The molecular formula is C54H81N3O16P2. The molecule has 0 amide bonds. The van der Waals surface area contributed by atoms with Crippen molar-refractivity contribution in [1.29, 1.82) is 0 Å². The lowest BCUT2D eigenvalue weighted by Gasteiger charge is -2.21. The monoisotopic (exact) mass is 1090 g/mol. The second-order valence-electron chi connectivity index (χ2n) is 17.7. The van der Waals surface area contributed by atoms with Gasteiger partial charge in [0, 0.05) is 19.0 Å². The highest BCUT2D eigenvalue weighted by Crippen LogP contribution is 2.60. The van der Waals surface area contributed by atoms with Crippen molar-refractivity contribution >= 4 is 33.4 Å². The molecule has 6 N–H and O–H groups in total. The van der Waals surface area contributed by atoms with Gasteiger partial charge in [-0.05, 0) is 89.5 Å². The van der Waals surface area contributed by atoms with E-state index < -0.39 is 83.7 Å². The molecule has 3 rings (SSSR count). The lowest BCUT2D eigenvalue weighted by Crippen LogP contribution is -2.36. The fraction of sp³-hybridized carbons (Fsp3) is 0.556. The number of hydrogen-bond donors (Lipinski definition) is 5. The van der Waals surface area contributed by atoms with Crippen LogP contribution in [0.25, 0.3) is 0 Å². The van der Waals surface area contributed by atoms with Crippen molar-refractivity contribution in [3.05, 3.63) is 132 Å². The minimum Gasteiger partial charge on any atom is -0.462 e. The van der Waals surface area contributed by atoms with Crippen molar-refractivity contribution in [3.63, 3.8) is 0 Å². The molecule has 0 saturated carbocycles. The largest absolute Gasteiger partial charge is 0.481 e. The summed E-state index contributed by atoms with van der Waals surface area (Å²) in [5.74, 6) is -1.48. The lowest BCUT2D eigenvalue weighted by molar-refractivity contribution is -0.161. The normalized spacial score (nSPS) is 22.4. The van der Waals surface area contributed by atoms with E-state index in [4.69, 9.17) is 33.7 Å². The van der Waals surface area contributed by atoms with Crippen LogP contribution in [0.4, 0.5) is 5.82 Å². The Hall–Kier alpha value is -4.62. The molecule has 2 aliphatic rings. The third-order valence-corrected chi connectivity index (χ3v) is 13.9. The summed E-state index contributed by atoms with van der Waals surface area (Å²) in [4.78, 5) is 61.9. The molecule has 9 atom stereocenters. The molecule has 2 fully saturated rings. The minimum atomic E-state index is -5.46. The van der Waals surface area contributed by atoms with Crippen molar-refractivity contribution in [2.75, 3.05) is 25.6 Å². The van der Waals surface area contributed by atoms with Crippen molar-refractivity contribution < 1.29 is 71.0 Å². The molecule has 0 spiro atoms. The third-order valence-electron chi connectivity index (χ3n) is 11.3. The maximum absolute atomic E-state index is 12.9. The van der Waals surface area contributed by atoms with Gasteiger partial charge in [-0.2, -0.15) is 9.29 Å². The predicted octanol–water partition coefficient (Wildman–Crippen LogP) is 9.99. The molecule has 21 heteroatoms. The van der Waals surface area contributed by atoms with Crippen LogP contribution in [-0.2, 0) is 51.0 Å². The van der Waals surface area contributed by atoms with Gasteiger partial charge in [-0.25, -0.2) is 13.9 Å². The summed E-state index contributed by atoms with van der Waals surface area (Å²) in [6.07, 6.45) is 45.1. The molecule has 0 aromatic carbocycles. The van der Waals surface area contributed by atoms with Crippen LogP contribution in [0.2, 0.25) is 0 Å². The molecule has 1 aromatic rings. The first-order chi connectivity index (χ1) is 36.1. The van der Waals surface area contributed by atoms with Crippen LogP contribution in [0.3, 0.4) is 0 Å². The molecule has 4 unspecified atom stereocenters. The van der Waals surface area contributed by atoms with E-state index in [2.05, 4.69) is 96.1 Å². The van der Waals surface area contributed by atoms with E-state index in [1.54, 1.807) is 0 Å². The number of nitrogen functional groups attached to an aromatic ring is 1. The number of aliphatic hydroxyl groups is 2. The fourth-order valence-electron chi connectivity index (χ4n) is 7.19. The molecule has 19 nitrogen and oxygen atoms in total. The molecule has 0 aliphatic carbocycles. The molecule has 418 valence electrons. The zero-order valence-corrected chi connectivity index (χ0v) is 45.3. The number of allylic oxidation sites excluding steroid dienone is 17. The summed E-state index contributed by atoms with van der Waals surface area (Å²) in [7, 11) is -10.9. The number of rotatable bonds is 40. The number of phosphoric ester groups is 2. The van der Waals surface area contributed by atoms with E-state index in [-0.39, 0.29) is 18.7 Å². The summed E-state index contributed by atoms with van der Waals surface area (Å²) in [5.41, 5.74) is 4.58. The minimum absolute atomic E-state index is 0.0190. The Kier molecular flexibility index (Phi) is 32.8. The zero-order valence-electron chi connectivity index (χ0n) is 43.5. The average molecular weight is 1090 g/mol. The number of carbonyl (C=O) groups is 2. The Balaban J connectivity index is 1.43. The first-order valence-electron chi connectivity index (χ1n) is 26.0. The molecule has 2 saturated heterocycles. The van der Waals surface area contributed by atoms with Crippen molar-refractivity contribution in [2.45, 2.75) is 172 Å². The maximum Gasteiger partial charge on any atom is 0.481 e. The van der Waals surface area contributed by atoms with Gasteiger partial charge in [-0.3, -0.25) is 23.2 Å². The van der Waals surface area contributed by atoms with E-state index in [1.807, 2.05) is 36.5 Å². The van der Waals surface area contributed by atoms with Gasteiger partial charge in [-0.15, -0.1) is 0 Å². The molecule has 3 heterocycles. The fourth-order valence-corrected chi connectivity index (χ4v) is 9.30. The maximum atomic E-state index is 12.9. The van der Waals surface area contributed by atoms with Crippen molar-refractivity contribution in [3.8, 4) is 0 Å². The van der Waals surface area contributed by atoms with Gasteiger partial charge in [-0.1, -0.05) is 142 Å². The lowest BCUT2D eigenvalue weighted by atomic mass is 10.1. The summed E-state index contributed by atoms with van der Waals surface area (Å²) < 4.78 is 62.4. The summed E-state index contributed by atoms with van der Waals surface area (Å²) in [6, 6.07) is 1.24. The van der Waals surface area contributed by atoms with E-state index >= 15 is 0 Å². The molecule has 2 aliphatic heterocycles. The number of nitrogens with two attached hydrogens (primary N) is 1. The number of anilines is 1. The highest BCUT2D eigenvalue weighted by atomic mass is 31.3. The topological polar surface area (TPSA) is 278 Å². The van der Waals surface area contributed by atoms with Crippen LogP contribution in [0.1, 0.15) is 136 Å². The highest BCUT2D eigenvalue weighted by Gasteiger charge is 2.46. The Bertz CT molecular complexity index is 2260. The number of hydrogen-bond acceptors (Lipinski definition) is 16. The molecule has 1 aromatic heterocycles. The Morgan fingerprint density at radius 3 is 1.83 bits per heavy atom. The molecular weight excluding hydrogens is 1010 g/mol. The van der Waals surface area contributed by atoms with E-state index in [1.165, 1.54) is 25.3 Å². The van der Waals surface area contributed by atoms with Crippen LogP contribution in [0, 0.1) is 0 Å². The van der Waals surface area contributed by atoms with Gasteiger partial charge < -0.3 is 44.7 Å². The summed E-state index contributed by atoms with van der Waals surface area (Å²) >= 11 is 0. The second-order valence-corrected chi connectivity index (χ2v) is 20.7. The van der Waals surface area contributed by atoms with E-state index in [0.717, 1.165) is 62.1 Å². The average Bonchev–Trinajstić information content (AvgIpc) is 4.06.